The predicted octanol–water partition coefficient (Wildman–Crippen LogP) is 0.947. The summed E-state index contributed by atoms with van der Waals surface area (Å²) in [5, 5.41) is 13.4. The van der Waals surface area contributed by atoms with Crippen LogP contribution in [0.1, 0.15) is 21.9 Å². The first kappa shape index (κ1) is 16.4. The Morgan fingerprint density at radius 2 is 2.00 bits per heavy atom. The smallest absolute Gasteiger partial charge is 0.358 e. The molecule has 9 heteroatoms. The molecule has 0 atom stereocenters. The Morgan fingerprint density at radius 1 is 1.28 bits per heavy atom. The number of rotatable bonds is 5. The highest BCUT2D eigenvalue weighted by atomic mass is 16.5. The maximum Gasteiger partial charge on any atom is 0.358 e. The fraction of sp³-hybridized carbons (Fsp3) is 0.188. The zero-order valence-electron chi connectivity index (χ0n) is 13.6. The monoisotopic (exact) mass is 341 g/mol. The van der Waals surface area contributed by atoms with Crippen molar-refractivity contribution in [2.45, 2.75) is 13.5 Å². The van der Waals surface area contributed by atoms with Gasteiger partial charge < -0.3 is 9.84 Å². The zero-order valence-corrected chi connectivity index (χ0v) is 13.6. The van der Waals surface area contributed by atoms with Crippen molar-refractivity contribution >= 4 is 5.97 Å². The van der Waals surface area contributed by atoms with Crippen LogP contribution in [0.4, 0.5) is 0 Å². The SMILES string of the molecule is Cc1ncnn1-c1nc(C(=O)O)c(OCc2ccccc2)c(=O)n1C. The van der Waals surface area contributed by atoms with Gasteiger partial charge in [-0.15, -0.1) is 0 Å². The Hall–Kier alpha value is -3.49. The molecule has 1 aromatic carbocycles. The fourth-order valence-corrected chi connectivity index (χ4v) is 2.26. The molecule has 2 aromatic heterocycles. The van der Waals surface area contributed by atoms with E-state index in [0.717, 1.165) is 5.56 Å². The second kappa shape index (κ2) is 6.56. The van der Waals surface area contributed by atoms with Crippen molar-refractivity contribution in [3.63, 3.8) is 0 Å². The molecule has 25 heavy (non-hydrogen) atoms. The summed E-state index contributed by atoms with van der Waals surface area (Å²) in [4.78, 5) is 32.2. The average Bonchev–Trinajstić information content (AvgIpc) is 3.02. The maximum atomic E-state index is 12.6. The highest BCUT2D eigenvalue weighted by Gasteiger charge is 2.23. The van der Waals surface area contributed by atoms with Crippen molar-refractivity contribution in [1.82, 2.24) is 24.3 Å². The average molecular weight is 341 g/mol. The molecule has 0 saturated carbocycles. The van der Waals surface area contributed by atoms with Gasteiger partial charge in [0.2, 0.25) is 11.7 Å². The van der Waals surface area contributed by atoms with Crippen LogP contribution in [0.2, 0.25) is 0 Å². The van der Waals surface area contributed by atoms with Gasteiger partial charge in [-0.05, 0) is 12.5 Å². The normalized spacial score (nSPS) is 10.6. The summed E-state index contributed by atoms with van der Waals surface area (Å²) >= 11 is 0. The number of benzene rings is 1. The first-order valence-corrected chi connectivity index (χ1v) is 7.37. The van der Waals surface area contributed by atoms with E-state index >= 15 is 0 Å². The Labute approximate surface area is 142 Å². The molecule has 0 radical (unpaired) electrons. The number of hydrogen-bond donors (Lipinski definition) is 1. The lowest BCUT2D eigenvalue weighted by molar-refractivity contribution is 0.0683. The molecule has 0 spiro atoms. The van der Waals surface area contributed by atoms with E-state index in [1.54, 1.807) is 6.92 Å². The van der Waals surface area contributed by atoms with E-state index in [0.29, 0.717) is 5.82 Å². The molecule has 0 aliphatic heterocycles. The molecule has 0 saturated heterocycles. The van der Waals surface area contributed by atoms with Gasteiger partial charge in [0, 0.05) is 7.05 Å². The van der Waals surface area contributed by atoms with Crippen LogP contribution in [0.3, 0.4) is 0 Å². The summed E-state index contributed by atoms with van der Waals surface area (Å²) < 4.78 is 7.94. The van der Waals surface area contributed by atoms with Crippen LogP contribution in [-0.4, -0.2) is 35.4 Å². The second-order valence-corrected chi connectivity index (χ2v) is 5.25. The van der Waals surface area contributed by atoms with Crippen molar-refractivity contribution in [2.24, 2.45) is 7.05 Å². The molecule has 3 aromatic rings. The quantitative estimate of drug-likeness (QED) is 0.735. The molecule has 1 N–H and O–H groups in total. The van der Waals surface area contributed by atoms with Gasteiger partial charge in [0.1, 0.15) is 18.8 Å². The summed E-state index contributed by atoms with van der Waals surface area (Å²) in [5.74, 6) is -1.17. The van der Waals surface area contributed by atoms with Crippen LogP contribution in [0, 0.1) is 6.92 Å². The lowest BCUT2D eigenvalue weighted by Gasteiger charge is -2.13. The summed E-state index contributed by atoms with van der Waals surface area (Å²) in [6.45, 7) is 1.72. The fourth-order valence-electron chi connectivity index (χ4n) is 2.26. The summed E-state index contributed by atoms with van der Waals surface area (Å²) in [5.41, 5.74) is -0.283. The number of aromatic nitrogens is 5. The molecule has 0 bridgehead atoms. The van der Waals surface area contributed by atoms with Crippen LogP contribution in [0.5, 0.6) is 5.75 Å². The van der Waals surface area contributed by atoms with Gasteiger partial charge in [-0.1, -0.05) is 30.3 Å². The van der Waals surface area contributed by atoms with Crippen LogP contribution in [0.15, 0.2) is 41.5 Å². The maximum absolute atomic E-state index is 12.6. The summed E-state index contributed by atoms with van der Waals surface area (Å²) in [6, 6.07) is 9.12. The molecule has 0 unspecified atom stereocenters. The number of ether oxygens (including phenoxy) is 1. The van der Waals surface area contributed by atoms with E-state index in [2.05, 4.69) is 15.1 Å². The highest BCUT2D eigenvalue weighted by Crippen LogP contribution is 2.15. The number of aromatic carboxylic acids is 1. The molecule has 9 nitrogen and oxygen atoms in total. The van der Waals surface area contributed by atoms with E-state index in [-0.39, 0.29) is 18.3 Å². The lowest BCUT2D eigenvalue weighted by atomic mass is 10.2. The molecular formula is C16H15N5O4. The summed E-state index contributed by atoms with van der Waals surface area (Å²) in [7, 11) is 1.47. The first-order valence-electron chi connectivity index (χ1n) is 7.37. The van der Waals surface area contributed by atoms with Crippen molar-refractivity contribution in [2.75, 3.05) is 0 Å². The second-order valence-electron chi connectivity index (χ2n) is 5.25. The van der Waals surface area contributed by atoms with Crippen molar-refractivity contribution in [1.29, 1.82) is 0 Å². The van der Waals surface area contributed by atoms with Crippen LogP contribution in [-0.2, 0) is 13.7 Å². The number of carboxylic acid groups (broad SMARTS) is 1. The predicted molar refractivity (Wildman–Crippen MR) is 86.9 cm³/mol. The molecule has 2 heterocycles. The molecular weight excluding hydrogens is 326 g/mol. The van der Waals surface area contributed by atoms with Gasteiger partial charge in [0.05, 0.1) is 0 Å². The zero-order chi connectivity index (χ0) is 18.0. The van der Waals surface area contributed by atoms with Crippen molar-refractivity contribution < 1.29 is 14.6 Å². The highest BCUT2D eigenvalue weighted by molar-refractivity contribution is 5.88. The van der Waals surface area contributed by atoms with E-state index in [4.69, 9.17) is 4.74 Å². The minimum absolute atomic E-state index is 0.0458. The number of nitrogens with zero attached hydrogens (tertiary/aromatic N) is 5. The standard InChI is InChI=1S/C16H15N5O4/c1-10-17-9-18-21(10)16-19-12(15(23)24)13(14(22)20(16)2)25-8-11-6-4-3-5-7-11/h3-7,9H,8H2,1-2H3,(H,23,24). The van der Waals surface area contributed by atoms with E-state index in [1.165, 1.54) is 22.6 Å². The van der Waals surface area contributed by atoms with Crippen LogP contribution >= 0.6 is 0 Å². The van der Waals surface area contributed by atoms with Gasteiger partial charge in [0.25, 0.3) is 5.56 Å². The number of carbonyl (C=O) groups is 1. The third-order valence-corrected chi connectivity index (χ3v) is 3.56. The van der Waals surface area contributed by atoms with Crippen LogP contribution < -0.4 is 10.3 Å². The van der Waals surface area contributed by atoms with Gasteiger partial charge in [0.15, 0.2) is 5.69 Å². The third kappa shape index (κ3) is 3.11. The summed E-state index contributed by atoms with van der Waals surface area (Å²) in [6.07, 6.45) is 1.29. The van der Waals surface area contributed by atoms with Crippen LogP contribution in [0.25, 0.3) is 5.95 Å². The Balaban J connectivity index is 2.07. The van der Waals surface area contributed by atoms with Gasteiger partial charge in [-0.2, -0.15) is 9.78 Å². The number of hydrogen-bond acceptors (Lipinski definition) is 6. The lowest BCUT2D eigenvalue weighted by Crippen LogP contribution is -2.28. The third-order valence-electron chi connectivity index (χ3n) is 3.56. The minimum atomic E-state index is -1.36. The van der Waals surface area contributed by atoms with Crippen molar-refractivity contribution in [3.05, 3.63) is 64.1 Å². The van der Waals surface area contributed by atoms with Crippen molar-refractivity contribution in [3.8, 4) is 11.7 Å². The van der Waals surface area contributed by atoms with E-state index in [1.807, 2.05) is 30.3 Å². The molecule has 0 fully saturated rings. The molecule has 3 rings (SSSR count). The molecule has 0 aliphatic rings. The topological polar surface area (TPSA) is 112 Å². The Kier molecular flexibility index (Phi) is 4.29. The van der Waals surface area contributed by atoms with E-state index in [9.17, 15) is 14.7 Å². The van der Waals surface area contributed by atoms with Gasteiger partial charge >= 0.3 is 5.97 Å². The Bertz CT molecular complexity index is 978. The molecule has 0 aliphatic carbocycles. The van der Waals surface area contributed by atoms with Gasteiger partial charge in [-0.25, -0.2) is 14.8 Å². The number of aryl methyl sites for hydroxylation is 1. The van der Waals surface area contributed by atoms with E-state index < -0.39 is 17.2 Å². The largest absolute Gasteiger partial charge is 0.481 e. The minimum Gasteiger partial charge on any atom is -0.481 e. The van der Waals surface area contributed by atoms with Gasteiger partial charge in [-0.3, -0.25) is 9.36 Å². The Morgan fingerprint density at radius 3 is 2.60 bits per heavy atom. The molecule has 0 amide bonds. The first-order chi connectivity index (χ1) is 12.0. The molecule has 128 valence electrons. The number of carboxylic acids is 1.